The van der Waals surface area contributed by atoms with E-state index in [2.05, 4.69) is 25.9 Å². The SMILES string of the molecule is Cc1ccc([N+](=O)[O-])c(NC(=O)NCC2CCC(Nc3nccc(N(C)C)n3)CC2)c1C. The number of anilines is 3. The van der Waals surface area contributed by atoms with Crippen LogP contribution >= 0.6 is 0 Å². The van der Waals surface area contributed by atoms with E-state index in [1.165, 1.54) is 6.07 Å². The molecule has 1 aromatic carbocycles. The summed E-state index contributed by atoms with van der Waals surface area (Å²) in [6, 6.07) is 4.85. The minimum absolute atomic E-state index is 0.101. The molecule has 32 heavy (non-hydrogen) atoms. The molecule has 2 aromatic rings. The quantitative estimate of drug-likeness (QED) is 0.440. The third-order valence-electron chi connectivity index (χ3n) is 5.98. The molecule has 10 heteroatoms. The fourth-order valence-corrected chi connectivity index (χ4v) is 3.87. The normalized spacial score (nSPS) is 18.0. The number of aryl methyl sites for hydroxylation is 1. The predicted octanol–water partition coefficient (Wildman–Crippen LogP) is 3.86. The maximum absolute atomic E-state index is 12.4. The summed E-state index contributed by atoms with van der Waals surface area (Å²) >= 11 is 0. The van der Waals surface area contributed by atoms with Crippen molar-refractivity contribution in [1.29, 1.82) is 0 Å². The van der Waals surface area contributed by atoms with Gasteiger partial charge in [0.2, 0.25) is 5.95 Å². The Morgan fingerprint density at radius 3 is 2.56 bits per heavy atom. The van der Waals surface area contributed by atoms with Gasteiger partial charge in [-0.25, -0.2) is 9.78 Å². The number of nitrogens with zero attached hydrogens (tertiary/aromatic N) is 4. The fourth-order valence-electron chi connectivity index (χ4n) is 3.87. The van der Waals surface area contributed by atoms with Gasteiger partial charge in [0.15, 0.2) is 0 Å². The molecule has 3 rings (SSSR count). The van der Waals surface area contributed by atoms with Crippen LogP contribution in [0.5, 0.6) is 0 Å². The first-order valence-corrected chi connectivity index (χ1v) is 10.8. The van der Waals surface area contributed by atoms with Crippen LogP contribution in [-0.4, -0.2) is 47.6 Å². The van der Waals surface area contributed by atoms with Crippen molar-refractivity contribution in [3.63, 3.8) is 0 Å². The average molecular weight is 442 g/mol. The minimum atomic E-state index is -0.478. The van der Waals surface area contributed by atoms with Crippen LogP contribution in [0, 0.1) is 29.9 Å². The molecule has 3 N–H and O–H groups in total. The lowest BCUT2D eigenvalue weighted by Gasteiger charge is -2.29. The van der Waals surface area contributed by atoms with E-state index >= 15 is 0 Å². The van der Waals surface area contributed by atoms with Gasteiger partial charge in [-0.1, -0.05) is 6.07 Å². The van der Waals surface area contributed by atoms with Crippen LogP contribution in [0.3, 0.4) is 0 Å². The Kier molecular flexibility index (Phi) is 7.45. The highest BCUT2D eigenvalue weighted by atomic mass is 16.6. The second-order valence-electron chi connectivity index (χ2n) is 8.49. The van der Waals surface area contributed by atoms with Crippen LogP contribution in [0.25, 0.3) is 0 Å². The van der Waals surface area contributed by atoms with Crippen LogP contribution in [0.2, 0.25) is 0 Å². The Hall–Kier alpha value is -3.43. The van der Waals surface area contributed by atoms with Gasteiger partial charge >= 0.3 is 6.03 Å². The van der Waals surface area contributed by atoms with Crippen molar-refractivity contribution in [2.75, 3.05) is 36.2 Å². The monoisotopic (exact) mass is 441 g/mol. The molecule has 0 bridgehead atoms. The molecule has 0 atom stereocenters. The standard InChI is InChI=1S/C22H31N7O3/c1-14-5-10-18(29(31)32)20(15(14)2)27-22(30)24-13-16-6-8-17(9-7-16)25-21-23-12-11-19(26-21)28(3)4/h5,10-12,16-17H,6-9,13H2,1-4H3,(H,23,25,26)(H2,24,27,30). The van der Waals surface area contributed by atoms with Crippen LogP contribution in [0.15, 0.2) is 24.4 Å². The van der Waals surface area contributed by atoms with Crippen molar-refractivity contribution in [2.45, 2.75) is 45.6 Å². The number of urea groups is 1. The number of benzene rings is 1. The van der Waals surface area contributed by atoms with Crippen molar-refractivity contribution in [3.8, 4) is 0 Å². The first-order chi connectivity index (χ1) is 15.2. The molecule has 1 heterocycles. The highest BCUT2D eigenvalue weighted by Crippen LogP contribution is 2.30. The van der Waals surface area contributed by atoms with Gasteiger partial charge in [-0.05, 0) is 62.6 Å². The summed E-state index contributed by atoms with van der Waals surface area (Å²) in [5.41, 5.74) is 1.73. The number of nitro groups is 1. The predicted molar refractivity (Wildman–Crippen MR) is 125 cm³/mol. The topological polar surface area (TPSA) is 125 Å². The van der Waals surface area contributed by atoms with E-state index in [-0.39, 0.29) is 11.4 Å². The summed E-state index contributed by atoms with van der Waals surface area (Å²) in [7, 11) is 3.89. The van der Waals surface area contributed by atoms with Crippen molar-refractivity contribution in [3.05, 3.63) is 45.6 Å². The Labute approximate surface area is 188 Å². The zero-order valence-electron chi connectivity index (χ0n) is 19.0. The van der Waals surface area contributed by atoms with Gasteiger partial charge in [0.1, 0.15) is 11.5 Å². The molecule has 1 aromatic heterocycles. The van der Waals surface area contributed by atoms with Gasteiger partial charge in [0.25, 0.3) is 5.69 Å². The summed E-state index contributed by atoms with van der Waals surface area (Å²) in [6.45, 7) is 4.16. The highest BCUT2D eigenvalue weighted by molar-refractivity contribution is 5.93. The van der Waals surface area contributed by atoms with Crippen molar-refractivity contribution in [1.82, 2.24) is 15.3 Å². The second-order valence-corrected chi connectivity index (χ2v) is 8.49. The van der Waals surface area contributed by atoms with Gasteiger partial charge in [-0.15, -0.1) is 0 Å². The molecule has 10 nitrogen and oxygen atoms in total. The van der Waals surface area contributed by atoms with E-state index in [4.69, 9.17) is 0 Å². The minimum Gasteiger partial charge on any atom is -0.363 e. The summed E-state index contributed by atoms with van der Waals surface area (Å²) in [6.07, 6.45) is 5.61. The number of nitrogens with one attached hydrogen (secondary N) is 3. The van der Waals surface area contributed by atoms with E-state index in [1.54, 1.807) is 19.2 Å². The molecular weight excluding hydrogens is 410 g/mol. The zero-order chi connectivity index (χ0) is 23.3. The molecule has 0 spiro atoms. The van der Waals surface area contributed by atoms with Crippen molar-refractivity contribution >= 4 is 29.2 Å². The first-order valence-electron chi connectivity index (χ1n) is 10.8. The highest BCUT2D eigenvalue weighted by Gasteiger charge is 2.23. The average Bonchev–Trinajstić information content (AvgIpc) is 2.76. The molecule has 0 radical (unpaired) electrons. The van der Waals surface area contributed by atoms with E-state index in [9.17, 15) is 14.9 Å². The van der Waals surface area contributed by atoms with Crippen LogP contribution in [0.1, 0.15) is 36.8 Å². The maximum atomic E-state index is 12.4. The molecule has 1 fully saturated rings. The lowest BCUT2D eigenvalue weighted by atomic mass is 9.86. The molecule has 1 aliphatic carbocycles. The van der Waals surface area contributed by atoms with E-state index in [0.717, 1.165) is 37.1 Å². The molecule has 0 aliphatic heterocycles. The first kappa shape index (κ1) is 23.2. The largest absolute Gasteiger partial charge is 0.363 e. The van der Waals surface area contributed by atoms with Gasteiger partial charge in [0.05, 0.1) is 4.92 Å². The van der Waals surface area contributed by atoms with Gasteiger partial charge in [0, 0.05) is 38.9 Å². The zero-order valence-corrected chi connectivity index (χ0v) is 19.0. The van der Waals surface area contributed by atoms with Crippen molar-refractivity contribution < 1.29 is 9.72 Å². The number of carbonyl (C=O) groups excluding carboxylic acids is 1. The molecule has 1 aliphatic rings. The molecule has 1 saturated carbocycles. The number of nitro benzene ring substituents is 1. The number of amides is 2. The summed E-state index contributed by atoms with van der Waals surface area (Å²) in [5, 5.41) is 20.3. The number of carbonyl (C=O) groups is 1. The van der Waals surface area contributed by atoms with E-state index in [0.29, 0.717) is 30.0 Å². The number of rotatable bonds is 7. The summed E-state index contributed by atoms with van der Waals surface area (Å²) in [4.78, 5) is 34.0. The maximum Gasteiger partial charge on any atom is 0.319 e. The Bertz CT molecular complexity index is 972. The number of hydrogen-bond donors (Lipinski definition) is 3. The number of hydrogen-bond acceptors (Lipinski definition) is 7. The lowest BCUT2D eigenvalue weighted by molar-refractivity contribution is -0.384. The molecule has 0 unspecified atom stereocenters. The van der Waals surface area contributed by atoms with Crippen LogP contribution in [0.4, 0.5) is 27.9 Å². The molecular formula is C22H31N7O3. The fraction of sp³-hybridized carbons (Fsp3) is 0.500. The van der Waals surface area contributed by atoms with Gasteiger partial charge in [-0.3, -0.25) is 10.1 Å². The molecule has 0 saturated heterocycles. The third kappa shape index (κ3) is 5.83. The van der Waals surface area contributed by atoms with E-state index in [1.807, 2.05) is 32.0 Å². The van der Waals surface area contributed by atoms with Crippen LogP contribution < -0.4 is 20.9 Å². The van der Waals surface area contributed by atoms with Gasteiger partial charge in [-0.2, -0.15) is 4.98 Å². The Balaban J connectivity index is 1.47. The Morgan fingerprint density at radius 1 is 1.19 bits per heavy atom. The Morgan fingerprint density at radius 2 is 1.91 bits per heavy atom. The van der Waals surface area contributed by atoms with Crippen LogP contribution in [-0.2, 0) is 0 Å². The smallest absolute Gasteiger partial charge is 0.319 e. The number of aromatic nitrogens is 2. The van der Waals surface area contributed by atoms with Crippen molar-refractivity contribution in [2.24, 2.45) is 5.92 Å². The molecule has 172 valence electrons. The molecule has 2 amide bonds. The lowest BCUT2D eigenvalue weighted by Crippen LogP contribution is -2.36. The summed E-state index contributed by atoms with van der Waals surface area (Å²) < 4.78 is 0. The second kappa shape index (κ2) is 10.3. The third-order valence-corrected chi connectivity index (χ3v) is 5.98. The van der Waals surface area contributed by atoms with E-state index < -0.39 is 11.0 Å². The van der Waals surface area contributed by atoms with Gasteiger partial charge < -0.3 is 20.9 Å². The summed E-state index contributed by atoms with van der Waals surface area (Å²) in [5.74, 6) is 1.85.